The minimum atomic E-state index is -3.70. The first-order chi connectivity index (χ1) is 13.3. The van der Waals surface area contributed by atoms with Crippen LogP contribution in [0.25, 0.3) is 0 Å². The zero-order valence-electron chi connectivity index (χ0n) is 15.5. The summed E-state index contributed by atoms with van der Waals surface area (Å²) in [6.45, 7) is 2.40. The predicted molar refractivity (Wildman–Crippen MR) is 111 cm³/mol. The molecular weight excluding hydrogens is 419 g/mol. The van der Waals surface area contributed by atoms with Crippen molar-refractivity contribution in [2.75, 3.05) is 13.1 Å². The van der Waals surface area contributed by atoms with Gasteiger partial charge in [-0.2, -0.15) is 4.31 Å². The van der Waals surface area contributed by atoms with Gasteiger partial charge in [0, 0.05) is 24.2 Å². The maximum Gasteiger partial charge on any atom is 0.244 e. The molecule has 0 bridgehead atoms. The highest BCUT2D eigenvalue weighted by molar-refractivity contribution is 7.89. The molecule has 0 spiro atoms. The van der Waals surface area contributed by atoms with E-state index in [-0.39, 0.29) is 21.9 Å². The van der Waals surface area contributed by atoms with Crippen molar-refractivity contribution in [1.29, 1.82) is 0 Å². The van der Waals surface area contributed by atoms with Crippen molar-refractivity contribution in [3.63, 3.8) is 0 Å². The SMILES string of the molecule is Cc1cc(S(=O)(=O)N2CCC(NC(=O)Cc3ccccc3)CC2)c(Cl)cc1Cl. The molecule has 28 heavy (non-hydrogen) atoms. The number of aryl methyl sites for hydroxylation is 1. The first-order valence-corrected chi connectivity index (χ1v) is 11.3. The highest BCUT2D eigenvalue weighted by atomic mass is 35.5. The number of rotatable bonds is 5. The number of carbonyl (C=O) groups excluding carboxylic acids is 1. The van der Waals surface area contributed by atoms with Crippen molar-refractivity contribution >= 4 is 39.1 Å². The molecule has 5 nitrogen and oxygen atoms in total. The summed E-state index contributed by atoms with van der Waals surface area (Å²) in [6.07, 6.45) is 1.44. The van der Waals surface area contributed by atoms with E-state index in [0.29, 0.717) is 42.9 Å². The quantitative estimate of drug-likeness (QED) is 0.768. The average molecular weight is 441 g/mol. The number of piperidine rings is 1. The van der Waals surface area contributed by atoms with Crippen LogP contribution in [0.5, 0.6) is 0 Å². The molecule has 1 fully saturated rings. The van der Waals surface area contributed by atoms with Crippen LogP contribution in [0.1, 0.15) is 24.0 Å². The minimum absolute atomic E-state index is 0.0370. The summed E-state index contributed by atoms with van der Waals surface area (Å²) in [7, 11) is -3.70. The number of hydrogen-bond acceptors (Lipinski definition) is 3. The number of hydrogen-bond donors (Lipinski definition) is 1. The van der Waals surface area contributed by atoms with E-state index in [1.54, 1.807) is 6.92 Å². The molecule has 8 heteroatoms. The van der Waals surface area contributed by atoms with Crippen molar-refractivity contribution in [1.82, 2.24) is 9.62 Å². The highest BCUT2D eigenvalue weighted by Gasteiger charge is 2.31. The summed E-state index contributed by atoms with van der Waals surface area (Å²) in [4.78, 5) is 12.3. The van der Waals surface area contributed by atoms with Gasteiger partial charge in [-0.15, -0.1) is 0 Å². The van der Waals surface area contributed by atoms with Gasteiger partial charge in [0.25, 0.3) is 0 Å². The van der Waals surface area contributed by atoms with Gasteiger partial charge >= 0.3 is 0 Å². The molecule has 2 aromatic carbocycles. The molecule has 0 unspecified atom stereocenters. The first-order valence-electron chi connectivity index (χ1n) is 9.06. The second-order valence-electron chi connectivity index (χ2n) is 6.94. The second kappa shape index (κ2) is 8.82. The van der Waals surface area contributed by atoms with Crippen LogP contribution in [0.2, 0.25) is 10.0 Å². The van der Waals surface area contributed by atoms with Crippen molar-refractivity contribution in [2.45, 2.75) is 37.1 Å². The summed E-state index contributed by atoms with van der Waals surface area (Å²) in [5, 5.41) is 3.56. The van der Waals surface area contributed by atoms with Crippen LogP contribution in [0.3, 0.4) is 0 Å². The topological polar surface area (TPSA) is 66.5 Å². The Morgan fingerprint density at radius 3 is 2.39 bits per heavy atom. The highest BCUT2D eigenvalue weighted by Crippen LogP contribution is 2.31. The van der Waals surface area contributed by atoms with Crippen LogP contribution in [0, 0.1) is 6.92 Å². The minimum Gasteiger partial charge on any atom is -0.353 e. The van der Waals surface area contributed by atoms with Crippen LogP contribution < -0.4 is 5.32 Å². The molecule has 1 amide bonds. The molecule has 2 aromatic rings. The molecule has 1 saturated heterocycles. The third-order valence-corrected chi connectivity index (χ3v) is 7.63. The van der Waals surface area contributed by atoms with Crippen molar-refractivity contribution in [3.8, 4) is 0 Å². The molecule has 1 heterocycles. The van der Waals surface area contributed by atoms with Crippen LogP contribution in [0.15, 0.2) is 47.4 Å². The monoisotopic (exact) mass is 440 g/mol. The number of amides is 1. The molecule has 1 N–H and O–H groups in total. The molecule has 1 aliphatic heterocycles. The van der Waals surface area contributed by atoms with Gasteiger partial charge in [-0.3, -0.25) is 4.79 Å². The average Bonchev–Trinajstić information content (AvgIpc) is 2.65. The molecule has 0 saturated carbocycles. The lowest BCUT2D eigenvalue weighted by atomic mass is 10.1. The molecule has 0 aromatic heterocycles. The Labute approximate surface area is 175 Å². The third-order valence-electron chi connectivity index (χ3n) is 4.86. The summed E-state index contributed by atoms with van der Waals surface area (Å²) in [5.74, 6) is -0.0520. The summed E-state index contributed by atoms with van der Waals surface area (Å²) >= 11 is 12.1. The van der Waals surface area contributed by atoms with Crippen LogP contribution >= 0.6 is 23.2 Å². The van der Waals surface area contributed by atoms with Crippen molar-refractivity contribution in [3.05, 3.63) is 63.6 Å². The number of benzene rings is 2. The lowest BCUT2D eigenvalue weighted by Gasteiger charge is -2.32. The standard InChI is InChI=1S/C20H22Cl2N2O3S/c1-14-11-19(18(22)13-17(14)21)28(26,27)24-9-7-16(8-10-24)23-20(25)12-15-5-3-2-4-6-15/h2-6,11,13,16H,7-10,12H2,1H3,(H,23,25). The van der Waals surface area contributed by atoms with Crippen LogP contribution in [0.4, 0.5) is 0 Å². The number of nitrogens with one attached hydrogen (secondary N) is 1. The van der Waals surface area contributed by atoms with Gasteiger partial charge in [-0.1, -0.05) is 53.5 Å². The Hall–Kier alpha value is -1.60. The van der Waals surface area contributed by atoms with E-state index >= 15 is 0 Å². The third kappa shape index (κ3) is 4.87. The number of carbonyl (C=O) groups is 1. The first kappa shape index (κ1) is 21.1. The number of nitrogens with zero attached hydrogens (tertiary/aromatic N) is 1. The van der Waals surface area contributed by atoms with Gasteiger partial charge in [0.05, 0.1) is 11.4 Å². The maximum absolute atomic E-state index is 13.0. The van der Waals surface area contributed by atoms with E-state index in [9.17, 15) is 13.2 Å². The Morgan fingerprint density at radius 2 is 1.75 bits per heavy atom. The normalized spacial score (nSPS) is 16.1. The molecule has 150 valence electrons. The molecule has 0 atom stereocenters. The summed E-state index contributed by atoms with van der Waals surface area (Å²) in [5.41, 5.74) is 1.61. The Kier molecular flexibility index (Phi) is 6.65. The lowest BCUT2D eigenvalue weighted by molar-refractivity contribution is -0.121. The predicted octanol–water partition coefficient (Wildman–Crippen LogP) is 3.81. The van der Waals surface area contributed by atoms with Gasteiger partial charge in [-0.05, 0) is 43.0 Å². The number of sulfonamides is 1. The zero-order chi connectivity index (χ0) is 20.3. The van der Waals surface area contributed by atoms with Crippen molar-refractivity contribution < 1.29 is 13.2 Å². The second-order valence-corrected chi connectivity index (χ2v) is 9.66. The lowest BCUT2D eigenvalue weighted by Crippen LogP contribution is -2.46. The van der Waals surface area contributed by atoms with Gasteiger partial charge in [0.2, 0.25) is 15.9 Å². The largest absolute Gasteiger partial charge is 0.353 e. The molecule has 0 radical (unpaired) electrons. The summed E-state index contributed by atoms with van der Waals surface area (Å²) in [6, 6.07) is 12.5. The van der Waals surface area contributed by atoms with Gasteiger partial charge in [0.1, 0.15) is 4.90 Å². The smallest absolute Gasteiger partial charge is 0.244 e. The van der Waals surface area contributed by atoms with E-state index in [1.807, 2.05) is 30.3 Å². The Balaban J connectivity index is 1.60. The van der Waals surface area contributed by atoms with Gasteiger partial charge < -0.3 is 5.32 Å². The fraction of sp³-hybridized carbons (Fsp3) is 0.350. The van der Waals surface area contributed by atoms with Crippen LogP contribution in [-0.2, 0) is 21.2 Å². The van der Waals surface area contributed by atoms with Gasteiger partial charge in [0.15, 0.2) is 0 Å². The summed E-state index contributed by atoms with van der Waals surface area (Å²) < 4.78 is 27.3. The molecule has 1 aliphatic rings. The Morgan fingerprint density at radius 1 is 1.11 bits per heavy atom. The van der Waals surface area contributed by atoms with Crippen molar-refractivity contribution in [2.24, 2.45) is 0 Å². The van der Waals surface area contributed by atoms with Crippen LogP contribution in [-0.4, -0.2) is 37.8 Å². The van der Waals surface area contributed by atoms with E-state index < -0.39 is 10.0 Å². The van der Waals surface area contributed by atoms with E-state index in [4.69, 9.17) is 23.2 Å². The zero-order valence-corrected chi connectivity index (χ0v) is 17.8. The maximum atomic E-state index is 13.0. The van der Waals surface area contributed by atoms with E-state index in [1.165, 1.54) is 16.4 Å². The molecular formula is C20H22Cl2N2O3S. The molecule has 0 aliphatic carbocycles. The van der Waals surface area contributed by atoms with Gasteiger partial charge in [-0.25, -0.2) is 8.42 Å². The fourth-order valence-electron chi connectivity index (χ4n) is 3.27. The number of halogens is 2. The Bertz CT molecular complexity index is 957. The molecule has 3 rings (SSSR count). The van der Waals surface area contributed by atoms with E-state index in [2.05, 4.69) is 5.32 Å². The fourth-order valence-corrected chi connectivity index (χ4v) is 5.54. The van der Waals surface area contributed by atoms with E-state index in [0.717, 1.165) is 5.56 Å².